The fourth-order valence-electron chi connectivity index (χ4n) is 6.52. The van der Waals surface area contributed by atoms with E-state index in [-0.39, 0.29) is 64.6 Å². The first-order valence-electron chi connectivity index (χ1n) is 19.2. The van der Waals surface area contributed by atoms with Gasteiger partial charge in [0, 0.05) is 38.1 Å². The molecule has 0 fully saturated rings. The van der Waals surface area contributed by atoms with Crippen LogP contribution in [0.4, 0.5) is 11.9 Å². The highest BCUT2D eigenvalue weighted by molar-refractivity contribution is 6.05. The predicted octanol–water partition coefficient (Wildman–Crippen LogP) is 4.79. The zero-order chi connectivity index (χ0) is 44.3. The molecule has 0 saturated heterocycles. The highest BCUT2D eigenvalue weighted by atomic mass is 16.6. The molecule has 0 bridgehead atoms. The van der Waals surface area contributed by atoms with Crippen molar-refractivity contribution in [2.45, 2.75) is 80.0 Å². The number of oxazole rings is 2. The molecule has 4 aromatic heterocycles. The second-order valence-corrected chi connectivity index (χ2v) is 14.7. The van der Waals surface area contributed by atoms with Crippen LogP contribution >= 0.6 is 0 Å². The number of primary amides is 2. The molecule has 4 amide bonds. The van der Waals surface area contributed by atoms with Crippen LogP contribution < -0.4 is 31.6 Å². The van der Waals surface area contributed by atoms with Gasteiger partial charge in [0.1, 0.15) is 28.1 Å². The summed E-state index contributed by atoms with van der Waals surface area (Å²) >= 11 is 0. The van der Waals surface area contributed by atoms with Crippen LogP contribution in [0.3, 0.4) is 0 Å². The molecule has 20 nitrogen and oxygen atoms in total. The molecule has 0 spiro atoms. The second kappa shape index (κ2) is 17.4. The number of allylic oxidation sites excluding steroid dienone is 2. The van der Waals surface area contributed by atoms with Crippen LogP contribution in [-0.4, -0.2) is 78.0 Å². The van der Waals surface area contributed by atoms with Crippen LogP contribution in [0.1, 0.15) is 99.6 Å². The standard InChI is InChI=1S/C41H46N10O10/c1-9-24-33(59-20(3)44-24)37(55)48-39-46-26-15-22(35(42)53)17-28(57-8)31(26)50(39)13-11-12-14-51-32-27(47-40(51)49-38(56)34-25(10-2)45-21(4)60-34)16-23(36(43)54)18-29(32)58-19-30(52)61-41(5,6)7/h11-12,15-18H,9-10,13-14,19H2,1-8H3,(H2,42,53)(H2,43,54)(H,46,48,55)(H,47,49,56)/b12-11+. The quantitative estimate of drug-likeness (QED) is 0.0754. The topological polar surface area (TPSA) is 277 Å². The Balaban J connectivity index is 1.42. The van der Waals surface area contributed by atoms with E-state index in [0.29, 0.717) is 52.6 Å². The van der Waals surface area contributed by atoms with Crippen molar-refractivity contribution >= 4 is 63.6 Å². The number of aryl methyl sites for hydroxylation is 4. The van der Waals surface area contributed by atoms with Crippen LogP contribution in [0.25, 0.3) is 22.1 Å². The fraction of sp³-hybridized carbons (Fsp3) is 0.341. The smallest absolute Gasteiger partial charge is 0.344 e. The summed E-state index contributed by atoms with van der Waals surface area (Å²) in [7, 11) is 1.42. The van der Waals surface area contributed by atoms with E-state index in [2.05, 4.69) is 30.6 Å². The summed E-state index contributed by atoms with van der Waals surface area (Å²) in [6.07, 6.45) is 4.35. The van der Waals surface area contributed by atoms with Gasteiger partial charge in [-0.25, -0.2) is 24.7 Å². The Hall–Kier alpha value is -7.51. The number of anilines is 2. The number of nitrogens with one attached hydrogen (secondary N) is 2. The average molecular weight is 839 g/mol. The minimum Gasteiger partial charge on any atom is -0.494 e. The molecule has 0 aliphatic rings. The molecule has 6 aromatic rings. The van der Waals surface area contributed by atoms with E-state index in [1.54, 1.807) is 55.9 Å². The van der Waals surface area contributed by atoms with Crippen molar-refractivity contribution in [3.63, 3.8) is 0 Å². The number of esters is 1. The molecule has 6 N–H and O–H groups in total. The van der Waals surface area contributed by atoms with Crippen LogP contribution in [-0.2, 0) is 35.5 Å². The van der Waals surface area contributed by atoms with Crippen LogP contribution in [0.2, 0.25) is 0 Å². The Bertz CT molecular complexity index is 2730. The van der Waals surface area contributed by atoms with Gasteiger partial charge in [-0.3, -0.25) is 29.8 Å². The number of benzene rings is 2. The molecular formula is C41H46N10O10. The highest BCUT2D eigenvalue weighted by Gasteiger charge is 2.26. The van der Waals surface area contributed by atoms with Gasteiger partial charge in [0.05, 0.1) is 29.5 Å². The maximum absolute atomic E-state index is 13.7. The summed E-state index contributed by atoms with van der Waals surface area (Å²) < 4.78 is 31.5. The van der Waals surface area contributed by atoms with Crippen LogP contribution in [0, 0.1) is 13.8 Å². The molecule has 320 valence electrons. The SMILES string of the molecule is CCc1nc(C)oc1C(=O)Nc1nc2cc(C(N)=O)cc(OC)c2n1C/C=C/Cn1c(NC(=O)c2oc(C)nc2CC)nc2cc(C(N)=O)cc(OCC(=O)OC(C)(C)C)c21. The predicted molar refractivity (Wildman–Crippen MR) is 221 cm³/mol. The van der Waals surface area contributed by atoms with E-state index in [0.717, 1.165) is 0 Å². The maximum Gasteiger partial charge on any atom is 0.344 e. The lowest BCUT2D eigenvalue weighted by molar-refractivity contribution is -0.157. The number of methoxy groups -OCH3 is 1. The summed E-state index contributed by atoms with van der Waals surface area (Å²) in [5.41, 5.74) is 12.8. The van der Waals surface area contributed by atoms with Crippen LogP contribution in [0.15, 0.2) is 45.3 Å². The van der Waals surface area contributed by atoms with Crippen molar-refractivity contribution in [1.29, 1.82) is 0 Å². The van der Waals surface area contributed by atoms with Gasteiger partial charge < -0.3 is 43.6 Å². The van der Waals surface area contributed by atoms with E-state index < -0.39 is 41.8 Å². The van der Waals surface area contributed by atoms with E-state index in [4.69, 9.17) is 34.5 Å². The lowest BCUT2D eigenvalue weighted by atomic mass is 10.1. The van der Waals surface area contributed by atoms with Gasteiger partial charge in [-0.2, -0.15) is 0 Å². The number of ether oxygens (including phenoxy) is 3. The van der Waals surface area contributed by atoms with Crippen molar-refractivity contribution < 1.29 is 47.0 Å². The minimum absolute atomic E-state index is 0.00470. The van der Waals surface area contributed by atoms with Gasteiger partial charge in [-0.05, 0) is 57.9 Å². The molecule has 20 heteroatoms. The van der Waals surface area contributed by atoms with E-state index in [1.807, 2.05) is 13.8 Å². The Morgan fingerprint density at radius 3 is 1.57 bits per heavy atom. The van der Waals surface area contributed by atoms with Gasteiger partial charge in [0.15, 0.2) is 18.4 Å². The number of nitrogens with two attached hydrogens (primary N) is 2. The van der Waals surface area contributed by atoms with Crippen molar-refractivity contribution in [2.24, 2.45) is 11.5 Å². The third kappa shape index (κ3) is 9.37. The monoisotopic (exact) mass is 838 g/mol. The summed E-state index contributed by atoms with van der Waals surface area (Å²) in [6, 6.07) is 5.76. The van der Waals surface area contributed by atoms with E-state index >= 15 is 0 Å². The summed E-state index contributed by atoms with van der Waals surface area (Å²) in [5, 5.41) is 5.60. The number of fused-ring (bicyclic) bond motifs is 2. The first-order chi connectivity index (χ1) is 28.9. The maximum atomic E-state index is 13.7. The lowest BCUT2D eigenvalue weighted by Gasteiger charge is -2.19. The number of nitrogens with zero attached hydrogens (tertiary/aromatic N) is 6. The number of amides is 4. The molecule has 0 aliphatic heterocycles. The van der Waals surface area contributed by atoms with Gasteiger partial charge in [0.25, 0.3) is 11.8 Å². The average Bonchev–Trinajstić information content (AvgIpc) is 3.96. The molecule has 61 heavy (non-hydrogen) atoms. The number of rotatable bonds is 16. The first kappa shape index (κ1) is 43.1. The number of carbonyl (C=O) groups excluding carboxylic acids is 5. The normalized spacial score (nSPS) is 11.7. The zero-order valence-corrected chi connectivity index (χ0v) is 34.9. The first-order valence-corrected chi connectivity index (χ1v) is 19.2. The van der Waals surface area contributed by atoms with Gasteiger partial charge >= 0.3 is 5.97 Å². The molecule has 2 aromatic carbocycles. The summed E-state index contributed by atoms with van der Waals surface area (Å²) in [6.45, 7) is 11.6. The van der Waals surface area contributed by atoms with Crippen molar-refractivity contribution in [3.8, 4) is 11.5 Å². The molecular weight excluding hydrogens is 793 g/mol. The number of imidazole rings is 2. The summed E-state index contributed by atoms with van der Waals surface area (Å²) in [4.78, 5) is 82.5. The molecule has 0 unspecified atom stereocenters. The van der Waals surface area contributed by atoms with Crippen LogP contribution in [0.5, 0.6) is 11.5 Å². The largest absolute Gasteiger partial charge is 0.494 e. The van der Waals surface area contributed by atoms with Crippen molar-refractivity contribution in [1.82, 2.24) is 29.1 Å². The van der Waals surface area contributed by atoms with Crippen molar-refractivity contribution in [2.75, 3.05) is 24.4 Å². The molecule has 0 aliphatic carbocycles. The third-order valence-corrected chi connectivity index (χ3v) is 9.05. The Kier molecular flexibility index (Phi) is 12.3. The van der Waals surface area contributed by atoms with Gasteiger partial charge in [-0.15, -0.1) is 0 Å². The molecule has 0 saturated carbocycles. The Labute approximate surface area is 348 Å². The molecule has 4 heterocycles. The molecule has 0 atom stereocenters. The fourth-order valence-corrected chi connectivity index (χ4v) is 6.52. The van der Waals surface area contributed by atoms with E-state index in [1.165, 1.54) is 31.4 Å². The number of hydrogen-bond acceptors (Lipinski definition) is 14. The number of aromatic nitrogens is 6. The van der Waals surface area contributed by atoms with Gasteiger partial charge in [0.2, 0.25) is 35.2 Å². The van der Waals surface area contributed by atoms with Gasteiger partial charge in [-0.1, -0.05) is 26.0 Å². The Morgan fingerprint density at radius 1 is 0.721 bits per heavy atom. The number of carbonyl (C=O) groups is 5. The Morgan fingerprint density at radius 2 is 1.16 bits per heavy atom. The van der Waals surface area contributed by atoms with Crippen molar-refractivity contribution in [3.05, 3.63) is 82.2 Å². The number of hydrogen-bond donors (Lipinski definition) is 4. The highest BCUT2D eigenvalue weighted by Crippen LogP contribution is 2.33. The third-order valence-electron chi connectivity index (χ3n) is 9.05. The second-order valence-electron chi connectivity index (χ2n) is 14.7. The van der Waals surface area contributed by atoms with E-state index in [9.17, 15) is 24.0 Å². The zero-order valence-electron chi connectivity index (χ0n) is 34.9. The molecule has 0 radical (unpaired) electrons. The summed E-state index contributed by atoms with van der Waals surface area (Å²) in [5.74, 6) is -2.32. The minimum atomic E-state index is -0.796. The molecule has 6 rings (SSSR count). The lowest BCUT2D eigenvalue weighted by Crippen LogP contribution is -2.27.